The first kappa shape index (κ1) is 9.44. The highest BCUT2D eigenvalue weighted by Crippen LogP contribution is 2.13. The summed E-state index contributed by atoms with van der Waals surface area (Å²) in [5.41, 5.74) is 0.101. The second-order valence-corrected chi connectivity index (χ2v) is 2.58. The molecule has 0 saturated heterocycles. The summed E-state index contributed by atoms with van der Waals surface area (Å²) in [6, 6.07) is 0. The van der Waals surface area contributed by atoms with Crippen molar-refractivity contribution in [2.75, 3.05) is 0 Å². The molecule has 5 nitrogen and oxygen atoms in total. The Morgan fingerprint density at radius 2 is 2.00 bits per heavy atom. The Kier molecular flexibility index (Phi) is 2.46. The fraction of sp³-hybridized carbons (Fsp3) is 0.375. The van der Waals surface area contributed by atoms with Gasteiger partial charge in [-0.1, -0.05) is 6.92 Å². The zero-order chi connectivity index (χ0) is 10.0. The molecule has 0 unspecified atom stereocenters. The Labute approximate surface area is 74.7 Å². The van der Waals surface area contributed by atoms with Crippen molar-refractivity contribution in [3.8, 4) is 0 Å². The maximum atomic E-state index is 10.9. The number of rotatable bonds is 2. The molecule has 70 valence electrons. The summed E-state index contributed by atoms with van der Waals surface area (Å²) >= 11 is 0. The van der Waals surface area contributed by atoms with Crippen LogP contribution in [0.4, 0.5) is 0 Å². The van der Waals surface area contributed by atoms with Crippen LogP contribution in [0, 0.1) is 0 Å². The maximum absolute atomic E-state index is 10.9. The van der Waals surface area contributed by atoms with Crippen molar-refractivity contribution in [1.29, 1.82) is 0 Å². The van der Waals surface area contributed by atoms with E-state index in [1.165, 1.54) is 6.92 Å². The quantitative estimate of drug-likeness (QED) is 0.478. The summed E-state index contributed by atoms with van der Waals surface area (Å²) in [5.74, 6) is -1.80. The van der Waals surface area contributed by atoms with Crippen LogP contribution in [0.5, 0.6) is 0 Å². The van der Waals surface area contributed by atoms with Crippen LogP contribution in [0.15, 0.2) is 11.3 Å². The first-order valence-electron chi connectivity index (χ1n) is 3.83. The molecule has 1 rings (SSSR count). The summed E-state index contributed by atoms with van der Waals surface area (Å²) in [6.07, 6.45) is 0.248. The topological polar surface area (TPSA) is 72.5 Å². The zero-order valence-electron chi connectivity index (χ0n) is 7.34. The number of hydrogen-bond donors (Lipinski definition) is 1. The molecule has 0 aromatic rings. The van der Waals surface area contributed by atoms with Crippen molar-refractivity contribution in [3.63, 3.8) is 0 Å². The second-order valence-electron chi connectivity index (χ2n) is 2.58. The van der Waals surface area contributed by atoms with Gasteiger partial charge in [-0.2, -0.15) is 0 Å². The Hall–Kier alpha value is -1.65. The summed E-state index contributed by atoms with van der Waals surface area (Å²) in [5, 5.41) is 2.30. The molecule has 13 heavy (non-hydrogen) atoms. The van der Waals surface area contributed by atoms with E-state index in [1.807, 2.05) is 0 Å². The number of esters is 2. The van der Waals surface area contributed by atoms with E-state index in [4.69, 9.17) is 0 Å². The minimum absolute atomic E-state index is 0.0446. The van der Waals surface area contributed by atoms with E-state index in [2.05, 4.69) is 10.1 Å². The predicted molar refractivity (Wildman–Crippen MR) is 42.2 cm³/mol. The molecule has 1 amide bonds. The molecule has 0 atom stereocenters. The molecule has 0 fully saturated rings. The highest BCUT2D eigenvalue weighted by atomic mass is 16.6. The molecule has 0 saturated carbocycles. The highest BCUT2D eigenvalue weighted by Gasteiger charge is 2.30. The summed E-state index contributed by atoms with van der Waals surface area (Å²) in [4.78, 5) is 32.6. The van der Waals surface area contributed by atoms with Crippen molar-refractivity contribution in [2.45, 2.75) is 20.3 Å². The van der Waals surface area contributed by atoms with Gasteiger partial charge in [0.05, 0.1) is 5.57 Å². The van der Waals surface area contributed by atoms with E-state index in [1.54, 1.807) is 6.92 Å². The lowest BCUT2D eigenvalue weighted by atomic mass is 10.2. The van der Waals surface area contributed by atoms with Crippen LogP contribution in [-0.4, -0.2) is 17.8 Å². The van der Waals surface area contributed by atoms with E-state index in [0.717, 1.165) is 0 Å². The average Bonchev–Trinajstić information content (AvgIpc) is 2.32. The fourth-order valence-electron chi connectivity index (χ4n) is 0.840. The monoisotopic (exact) mass is 183 g/mol. The molecule has 1 N–H and O–H groups in total. The van der Waals surface area contributed by atoms with Crippen LogP contribution >= 0.6 is 0 Å². The van der Waals surface area contributed by atoms with Gasteiger partial charge < -0.3 is 10.1 Å². The normalized spacial score (nSPS) is 16.2. The summed E-state index contributed by atoms with van der Waals surface area (Å²) in [7, 11) is 0. The third-order valence-electron chi connectivity index (χ3n) is 1.66. The van der Waals surface area contributed by atoms with E-state index < -0.39 is 11.9 Å². The van der Waals surface area contributed by atoms with Crippen molar-refractivity contribution < 1.29 is 19.1 Å². The van der Waals surface area contributed by atoms with Crippen LogP contribution in [0.3, 0.4) is 0 Å². The Bertz CT molecular complexity index is 316. The molecule has 1 aliphatic heterocycles. The SMILES string of the molecule is CCC(=O)NC1=C(C)C(=O)OC1=O. The van der Waals surface area contributed by atoms with Crippen LogP contribution in [0.2, 0.25) is 0 Å². The minimum atomic E-state index is -0.788. The standard InChI is InChI=1S/C8H9NO4/c1-3-5(10)9-6-4(2)7(11)13-8(6)12/h3H2,1-2H3,(H,9,10). The number of nitrogens with one attached hydrogen (secondary N) is 1. The van der Waals surface area contributed by atoms with E-state index in [0.29, 0.717) is 0 Å². The number of ether oxygens (including phenoxy) is 1. The maximum Gasteiger partial charge on any atom is 0.363 e. The molecule has 1 aliphatic rings. The minimum Gasteiger partial charge on any atom is -0.385 e. The molecule has 0 spiro atoms. The number of amides is 1. The van der Waals surface area contributed by atoms with Crippen molar-refractivity contribution in [1.82, 2.24) is 5.32 Å². The molecular weight excluding hydrogens is 174 g/mol. The first-order valence-corrected chi connectivity index (χ1v) is 3.83. The van der Waals surface area contributed by atoms with Gasteiger partial charge in [-0.15, -0.1) is 0 Å². The predicted octanol–water partition coefficient (Wildman–Crippen LogP) is -0.130. The largest absolute Gasteiger partial charge is 0.385 e. The highest BCUT2D eigenvalue weighted by molar-refractivity contribution is 6.13. The zero-order valence-corrected chi connectivity index (χ0v) is 7.34. The van der Waals surface area contributed by atoms with Gasteiger partial charge in [0.25, 0.3) is 0 Å². The Balaban J connectivity index is 2.84. The molecule has 0 aromatic carbocycles. The third-order valence-corrected chi connectivity index (χ3v) is 1.66. The third kappa shape index (κ3) is 1.74. The van der Waals surface area contributed by atoms with E-state index >= 15 is 0 Å². The second kappa shape index (κ2) is 3.38. The number of carbonyl (C=O) groups excluding carboxylic acids is 3. The molecule has 0 aromatic heterocycles. The van der Waals surface area contributed by atoms with E-state index in [9.17, 15) is 14.4 Å². The van der Waals surface area contributed by atoms with Gasteiger partial charge in [0.1, 0.15) is 5.70 Å². The van der Waals surface area contributed by atoms with Crippen LogP contribution in [0.1, 0.15) is 20.3 Å². The number of cyclic esters (lactones) is 2. The lowest BCUT2D eigenvalue weighted by Gasteiger charge is -2.00. The van der Waals surface area contributed by atoms with Crippen LogP contribution < -0.4 is 5.32 Å². The molecule has 1 heterocycles. The Morgan fingerprint density at radius 3 is 2.38 bits per heavy atom. The van der Waals surface area contributed by atoms with Gasteiger partial charge >= 0.3 is 11.9 Å². The molecular formula is C8H9NO4. The van der Waals surface area contributed by atoms with Crippen molar-refractivity contribution >= 4 is 17.8 Å². The Morgan fingerprint density at radius 1 is 1.38 bits per heavy atom. The number of carbonyl (C=O) groups is 3. The van der Waals surface area contributed by atoms with Crippen molar-refractivity contribution in [2.24, 2.45) is 0 Å². The lowest BCUT2D eigenvalue weighted by Crippen LogP contribution is -2.25. The van der Waals surface area contributed by atoms with Gasteiger partial charge in [-0.25, -0.2) is 9.59 Å². The first-order chi connectivity index (χ1) is 6.06. The smallest absolute Gasteiger partial charge is 0.363 e. The molecule has 0 radical (unpaired) electrons. The number of hydrogen-bond acceptors (Lipinski definition) is 4. The summed E-state index contributed by atoms with van der Waals surface area (Å²) < 4.78 is 4.26. The van der Waals surface area contributed by atoms with Crippen LogP contribution in [0.25, 0.3) is 0 Å². The van der Waals surface area contributed by atoms with Gasteiger partial charge in [-0.3, -0.25) is 4.79 Å². The van der Waals surface area contributed by atoms with Crippen LogP contribution in [-0.2, 0) is 19.1 Å². The van der Waals surface area contributed by atoms with Crippen molar-refractivity contribution in [3.05, 3.63) is 11.3 Å². The van der Waals surface area contributed by atoms with Gasteiger partial charge in [0.15, 0.2) is 0 Å². The fourth-order valence-corrected chi connectivity index (χ4v) is 0.840. The van der Waals surface area contributed by atoms with E-state index in [-0.39, 0.29) is 23.6 Å². The summed E-state index contributed by atoms with van der Waals surface area (Å²) in [6.45, 7) is 3.08. The van der Waals surface area contributed by atoms with Gasteiger partial charge in [-0.05, 0) is 6.92 Å². The van der Waals surface area contributed by atoms with Gasteiger partial charge in [0.2, 0.25) is 5.91 Å². The molecule has 0 bridgehead atoms. The molecule has 0 aliphatic carbocycles. The van der Waals surface area contributed by atoms with Gasteiger partial charge in [0, 0.05) is 6.42 Å². The average molecular weight is 183 g/mol. The lowest BCUT2D eigenvalue weighted by molar-refractivity contribution is -0.151. The molecule has 5 heteroatoms.